The number of allylic oxidation sites excluding steroid dienone is 2. The van der Waals surface area contributed by atoms with Crippen LogP contribution in [0.3, 0.4) is 0 Å². The Bertz CT molecular complexity index is 936. The smallest absolute Gasteiger partial charge is 0.244 e. The maximum Gasteiger partial charge on any atom is 0.244 e. The van der Waals surface area contributed by atoms with Gasteiger partial charge in [0.05, 0.1) is 24.6 Å². The molecule has 29 heavy (non-hydrogen) atoms. The number of rotatable bonds is 6. The van der Waals surface area contributed by atoms with Crippen molar-refractivity contribution in [1.82, 2.24) is 10.2 Å². The van der Waals surface area contributed by atoms with E-state index in [-0.39, 0.29) is 47.9 Å². The molecule has 3 aliphatic rings. The van der Waals surface area contributed by atoms with Crippen molar-refractivity contribution >= 4 is 17.7 Å². The summed E-state index contributed by atoms with van der Waals surface area (Å²) in [5.41, 5.74) is 0.907. The van der Waals surface area contributed by atoms with Crippen LogP contribution in [0.2, 0.25) is 0 Å². The van der Waals surface area contributed by atoms with Crippen molar-refractivity contribution in [2.24, 2.45) is 23.7 Å². The molecule has 2 bridgehead atoms. The third kappa shape index (κ3) is 2.99. The van der Waals surface area contributed by atoms with Gasteiger partial charge in [-0.2, -0.15) is 0 Å². The van der Waals surface area contributed by atoms with Crippen LogP contribution in [0.15, 0.2) is 65.3 Å². The van der Waals surface area contributed by atoms with Gasteiger partial charge in [-0.1, -0.05) is 42.5 Å². The summed E-state index contributed by atoms with van der Waals surface area (Å²) in [6.45, 7) is 0.215. The van der Waals surface area contributed by atoms with Gasteiger partial charge in [-0.05, 0) is 36.0 Å². The lowest BCUT2D eigenvalue weighted by molar-refractivity contribution is -0.148. The van der Waals surface area contributed by atoms with Crippen LogP contribution in [0, 0.1) is 23.7 Å². The lowest BCUT2D eigenvalue weighted by Crippen LogP contribution is -2.51. The molecule has 1 aliphatic heterocycles. The second-order valence-corrected chi connectivity index (χ2v) is 8.05. The Morgan fingerprint density at radius 3 is 2.34 bits per heavy atom. The number of likely N-dealkylation sites (tertiary alicyclic amines) is 1. The van der Waals surface area contributed by atoms with Crippen molar-refractivity contribution in [2.45, 2.75) is 25.4 Å². The van der Waals surface area contributed by atoms with E-state index >= 15 is 0 Å². The summed E-state index contributed by atoms with van der Waals surface area (Å²) in [4.78, 5) is 40.8. The molecule has 3 amide bonds. The molecule has 1 N–H and O–H groups in total. The third-order valence-corrected chi connectivity index (χ3v) is 6.41. The van der Waals surface area contributed by atoms with Crippen molar-refractivity contribution in [3.8, 4) is 0 Å². The first-order valence-corrected chi connectivity index (χ1v) is 10.0. The van der Waals surface area contributed by atoms with Crippen molar-refractivity contribution in [2.75, 3.05) is 0 Å². The van der Waals surface area contributed by atoms with E-state index in [9.17, 15) is 14.4 Å². The number of amides is 3. The Balaban J connectivity index is 1.41. The number of nitrogens with zero attached hydrogens (tertiary/aromatic N) is 1. The Hall–Kier alpha value is -3.15. The van der Waals surface area contributed by atoms with Gasteiger partial charge in [0.15, 0.2) is 0 Å². The van der Waals surface area contributed by atoms with Crippen molar-refractivity contribution in [1.29, 1.82) is 0 Å². The SMILES string of the molecule is O=C(NCc1ccco1)[C@H](Cc1ccccc1)N1C(=O)[C@@H]2[C@H](C1=O)[C@@H]1C=C[C@@H]2C1. The third-order valence-electron chi connectivity index (χ3n) is 6.41. The van der Waals surface area contributed by atoms with Gasteiger partial charge in [0.2, 0.25) is 17.7 Å². The molecule has 6 nitrogen and oxygen atoms in total. The van der Waals surface area contributed by atoms with Crippen molar-refractivity contribution < 1.29 is 18.8 Å². The maximum atomic E-state index is 13.2. The van der Waals surface area contributed by atoms with Gasteiger partial charge in [0.1, 0.15) is 11.8 Å². The number of furan rings is 1. The molecular formula is C23H22N2O4. The van der Waals surface area contributed by atoms with E-state index < -0.39 is 6.04 Å². The summed E-state index contributed by atoms with van der Waals surface area (Å²) in [5.74, 6) is -0.508. The standard InChI is InChI=1S/C23H22N2O4/c26-21(24-13-17-7-4-10-29-17)18(11-14-5-2-1-3-6-14)25-22(27)19-15-8-9-16(12-15)20(19)23(25)28/h1-10,15-16,18-20H,11-13H2,(H,24,26)/t15-,16-,18+,19-,20+/m1/s1. The number of fused-ring (bicyclic) bond motifs is 5. The topological polar surface area (TPSA) is 79.6 Å². The average Bonchev–Trinajstić information content (AvgIpc) is 3.51. The maximum absolute atomic E-state index is 13.2. The minimum atomic E-state index is -0.864. The molecular weight excluding hydrogens is 368 g/mol. The summed E-state index contributed by atoms with van der Waals surface area (Å²) in [5, 5.41) is 2.83. The van der Waals surface area contributed by atoms with E-state index in [1.54, 1.807) is 18.4 Å². The zero-order chi connectivity index (χ0) is 20.0. The monoisotopic (exact) mass is 390 g/mol. The average molecular weight is 390 g/mol. The fourth-order valence-electron chi connectivity index (χ4n) is 5.08. The normalized spacial score (nSPS) is 28.1. The Kier molecular flexibility index (Phi) is 4.34. The summed E-state index contributed by atoms with van der Waals surface area (Å²) >= 11 is 0. The zero-order valence-electron chi connectivity index (χ0n) is 15.9. The molecule has 2 aromatic rings. The highest BCUT2D eigenvalue weighted by atomic mass is 16.3. The van der Waals surface area contributed by atoms with Gasteiger partial charge in [-0.3, -0.25) is 19.3 Å². The number of benzene rings is 1. The molecule has 2 aliphatic carbocycles. The zero-order valence-corrected chi connectivity index (χ0v) is 15.9. The molecule has 0 spiro atoms. The molecule has 5 atom stereocenters. The van der Waals surface area contributed by atoms with E-state index in [2.05, 4.69) is 17.5 Å². The highest BCUT2D eigenvalue weighted by Gasteiger charge is 2.61. The summed E-state index contributed by atoms with van der Waals surface area (Å²) in [7, 11) is 0. The van der Waals surface area contributed by atoms with Crippen molar-refractivity contribution in [3.05, 3.63) is 72.2 Å². The molecule has 0 unspecified atom stereocenters. The number of carbonyl (C=O) groups excluding carboxylic acids is 3. The molecule has 1 saturated carbocycles. The number of nitrogens with one attached hydrogen (secondary N) is 1. The second-order valence-electron chi connectivity index (χ2n) is 8.05. The summed E-state index contributed by atoms with van der Waals surface area (Å²) < 4.78 is 5.28. The summed E-state index contributed by atoms with van der Waals surface area (Å²) in [6.07, 6.45) is 6.83. The minimum absolute atomic E-state index is 0.120. The van der Waals surface area contributed by atoms with Crippen LogP contribution in [0.4, 0.5) is 0 Å². The minimum Gasteiger partial charge on any atom is -0.467 e. The quantitative estimate of drug-likeness (QED) is 0.606. The van der Waals surface area contributed by atoms with Gasteiger partial charge in [-0.15, -0.1) is 0 Å². The Morgan fingerprint density at radius 2 is 1.72 bits per heavy atom. The van der Waals surface area contributed by atoms with Crippen LogP contribution in [-0.2, 0) is 27.3 Å². The van der Waals surface area contributed by atoms with Gasteiger partial charge >= 0.3 is 0 Å². The molecule has 2 heterocycles. The van der Waals surface area contributed by atoms with Crippen LogP contribution >= 0.6 is 0 Å². The first-order chi connectivity index (χ1) is 14.1. The van der Waals surface area contributed by atoms with Gasteiger partial charge < -0.3 is 9.73 Å². The lowest BCUT2D eigenvalue weighted by atomic mass is 9.85. The lowest BCUT2D eigenvalue weighted by Gasteiger charge is -2.27. The van der Waals surface area contributed by atoms with Crippen LogP contribution in [0.1, 0.15) is 17.7 Å². The van der Waals surface area contributed by atoms with Crippen LogP contribution in [0.5, 0.6) is 0 Å². The molecule has 148 valence electrons. The molecule has 2 fully saturated rings. The summed E-state index contributed by atoms with van der Waals surface area (Å²) in [6, 6.07) is 12.1. The highest BCUT2D eigenvalue weighted by Crippen LogP contribution is 2.52. The van der Waals surface area contributed by atoms with Gasteiger partial charge in [0.25, 0.3) is 0 Å². The van der Waals surface area contributed by atoms with E-state index in [4.69, 9.17) is 4.42 Å². The number of hydrogen-bond donors (Lipinski definition) is 1. The molecule has 5 rings (SSSR count). The van der Waals surface area contributed by atoms with Crippen LogP contribution in [0.25, 0.3) is 0 Å². The first kappa shape index (κ1) is 17.9. The Morgan fingerprint density at radius 1 is 1.03 bits per heavy atom. The van der Waals surface area contributed by atoms with Crippen LogP contribution < -0.4 is 5.32 Å². The van der Waals surface area contributed by atoms with E-state index in [0.717, 1.165) is 12.0 Å². The molecule has 1 aromatic heterocycles. The Labute approximate surface area is 168 Å². The molecule has 0 radical (unpaired) electrons. The molecule has 1 aromatic carbocycles. The fourth-order valence-corrected chi connectivity index (χ4v) is 5.08. The number of hydrogen-bond acceptors (Lipinski definition) is 4. The number of carbonyl (C=O) groups is 3. The first-order valence-electron chi connectivity index (χ1n) is 10.0. The number of imide groups is 1. The fraction of sp³-hybridized carbons (Fsp3) is 0.348. The molecule has 6 heteroatoms. The molecule has 1 saturated heterocycles. The van der Waals surface area contributed by atoms with E-state index in [1.807, 2.05) is 30.3 Å². The van der Waals surface area contributed by atoms with Crippen LogP contribution in [-0.4, -0.2) is 28.7 Å². The second kappa shape index (κ2) is 7.03. The van der Waals surface area contributed by atoms with Gasteiger partial charge in [0, 0.05) is 6.42 Å². The predicted molar refractivity (Wildman–Crippen MR) is 104 cm³/mol. The highest BCUT2D eigenvalue weighted by molar-refractivity contribution is 6.09. The van der Waals surface area contributed by atoms with Gasteiger partial charge in [-0.25, -0.2) is 0 Å². The largest absolute Gasteiger partial charge is 0.467 e. The van der Waals surface area contributed by atoms with E-state index in [1.165, 1.54) is 4.90 Å². The van der Waals surface area contributed by atoms with E-state index in [0.29, 0.717) is 12.2 Å². The predicted octanol–water partition coefficient (Wildman–Crippen LogP) is 2.31. The van der Waals surface area contributed by atoms with Crippen molar-refractivity contribution in [3.63, 3.8) is 0 Å².